The zero-order valence-electron chi connectivity index (χ0n) is 12.9. The van der Waals surface area contributed by atoms with Crippen molar-refractivity contribution in [2.24, 2.45) is 11.1 Å². The molecule has 0 amide bonds. The zero-order chi connectivity index (χ0) is 15.1. The summed E-state index contributed by atoms with van der Waals surface area (Å²) in [6, 6.07) is 4.14. The van der Waals surface area contributed by atoms with Crippen molar-refractivity contribution in [1.29, 1.82) is 0 Å². The van der Waals surface area contributed by atoms with Gasteiger partial charge >= 0.3 is 0 Å². The Kier molecular flexibility index (Phi) is 3.87. The van der Waals surface area contributed by atoms with Crippen LogP contribution in [0.3, 0.4) is 0 Å². The highest BCUT2D eigenvalue weighted by molar-refractivity contribution is 9.10. The number of aromatic nitrogens is 2. The summed E-state index contributed by atoms with van der Waals surface area (Å²) in [6.45, 7) is 5.42. The molecule has 2 heterocycles. The van der Waals surface area contributed by atoms with Crippen LogP contribution < -0.4 is 5.73 Å². The molecule has 3 rings (SSSR count). The third kappa shape index (κ3) is 2.64. The molecule has 0 spiro atoms. The molecule has 0 aromatic carbocycles. The van der Waals surface area contributed by atoms with Gasteiger partial charge in [-0.1, -0.05) is 29.8 Å². The molecule has 3 nitrogen and oxygen atoms in total. The lowest BCUT2D eigenvalue weighted by molar-refractivity contribution is 0.145. The fourth-order valence-corrected chi connectivity index (χ4v) is 3.86. The molecule has 21 heavy (non-hydrogen) atoms. The van der Waals surface area contributed by atoms with E-state index >= 15 is 0 Å². The molecule has 1 fully saturated rings. The van der Waals surface area contributed by atoms with E-state index < -0.39 is 0 Å². The number of pyridine rings is 1. The first-order chi connectivity index (χ1) is 10.0. The van der Waals surface area contributed by atoms with Crippen molar-refractivity contribution in [3.63, 3.8) is 0 Å². The molecule has 114 valence electrons. The number of hydrogen-bond acceptors (Lipinski definition) is 2. The van der Waals surface area contributed by atoms with Gasteiger partial charge in [0, 0.05) is 22.3 Å². The van der Waals surface area contributed by atoms with Crippen LogP contribution in [0.4, 0.5) is 0 Å². The standard InChI is InChI=1S/C17H24BrN3/c1-3-17(7-5-16(2,12-19)6-8-17)14-11-21-9-4-13(18)10-15(21)20-14/h4,9-11H,3,5-8,12,19H2,1-2H3/t16-,17+. The summed E-state index contributed by atoms with van der Waals surface area (Å²) in [5.41, 5.74) is 8.79. The highest BCUT2D eigenvalue weighted by Gasteiger charge is 2.41. The Balaban J connectivity index is 1.95. The molecule has 2 aromatic rings. The zero-order valence-corrected chi connectivity index (χ0v) is 14.5. The number of nitrogens with two attached hydrogens (primary N) is 1. The van der Waals surface area contributed by atoms with Gasteiger partial charge in [-0.05, 0) is 56.2 Å². The van der Waals surface area contributed by atoms with Crippen molar-refractivity contribution in [1.82, 2.24) is 9.38 Å². The van der Waals surface area contributed by atoms with E-state index in [0.717, 1.165) is 23.1 Å². The van der Waals surface area contributed by atoms with Crippen molar-refractivity contribution in [2.45, 2.75) is 51.4 Å². The van der Waals surface area contributed by atoms with Gasteiger partial charge in [0.15, 0.2) is 0 Å². The third-order valence-electron chi connectivity index (χ3n) is 5.55. The summed E-state index contributed by atoms with van der Waals surface area (Å²) >= 11 is 3.53. The number of halogens is 1. The van der Waals surface area contributed by atoms with E-state index in [4.69, 9.17) is 10.7 Å². The largest absolute Gasteiger partial charge is 0.330 e. The van der Waals surface area contributed by atoms with Crippen LogP contribution in [0.2, 0.25) is 0 Å². The van der Waals surface area contributed by atoms with Gasteiger partial charge in [0.25, 0.3) is 0 Å². The summed E-state index contributed by atoms with van der Waals surface area (Å²) in [5, 5.41) is 0. The molecule has 1 aliphatic carbocycles. The maximum atomic E-state index is 5.96. The van der Waals surface area contributed by atoms with E-state index in [1.807, 2.05) is 0 Å². The average molecular weight is 350 g/mol. The van der Waals surface area contributed by atoms with E-state index in [1.54, 1.807) is 0 Å². The molecule has 4 heteroatoms. The SMILES string of the molecule is CC[C@]1(c2cn3ccc(Br)cc3n2)CC[C@@](C)(CN)CC1. The Labute approximate surface area is 135 Å². The lowest BCUT2D eigenvalue weighted by Gasteiger charge is -2.43. The van der Waals surface area contributed by atoms with Gasteiger partial charge < -0.3 is 10.1 Å². The van der Waals surface area contributed by atoms with Crippen molar-refractivity contribution >= 4 is 21.6 Å². The summed E-state index contributed by atoms with van der Waals surface area (Å²) in [6.07, 6.45) is 10.2. The van der Waals surface area contributed by atoms with Crippen LogP contribution in [0.25, 0.3) is 5.65 Å². The van der Waals surface area contributed by atoms with Crippen molar-refractivity contribution in [3.05, 3.63) is 34.7 Å². The van der Waals surface area contributed by atoms with E-state index in [0.29, 0.717) is 5.41 Å². The van der Waals surface area contributed by atoms with Crippen molar-refractivity contribution in [3.8, 4) is 0 Å². The van der Waals surface area contributed by atoms with Crippen LogP contribution in [-0.2, 0) is 5.41 Å². The van der Waals surface area contributed by atoms with E-state index in [-0.39, 0.29) is 5.41 Å². The minimum Gasteiger partial charge on any atom is -0.330 e. The third-order valence-corrected chi connectivity index (χ3v) is 6.04. The Bertz CT molecular complexity index is 639. The Morgan fingerprint density at radius 3 is 2.67 bits per heavy atom. The lowest BCUT2D eigenvalue weighted by Crippen LogP contribution is -2.39. The first kappa shape index (κ1) is 15.0. The number of hydrogen-bond donors (Lipinski definition) is 1. The molecule has 1 saturated carbocycles. The highest BCUT2D eigenvalue weighted by Crippen LogP contribution is 2.48. The molecule has 1 aliphatic rings. The first-order valence-corrected chi connectivity index (χ1v) is 8.64. The minimum absolute atomic E-state index is 0.229. The quantitative estimate of drug-likeness (QED) is 0.898. The van der Waals surface area contributed by atoms with E-state index in [2.05, 4.69) is 58.7 Å². The Hall–Kier alpha value is -0.870. The Morgan fingerprint density at radius 1 is 1.33 bits per heavy atom. The number of imidazole rings is 1. The molecular formula is C17H24BrN3. The van der Waals surface area contributed by atoms with Gasteiger partial charge in [-0.2, -0.15) is 0 Å². The molecule has 0 saturated heterocycles. The molecular weight excluding hydrogens is 326 g/mol. The molecule has 0 bridgehead atoms. The second-order valence-electron chi connectivity index (χ2n) is 6.89. The molecule has 0 aliphatic heterocycles. The summed E-state index contributed by atoms with van der Waals surface area (Å²) in [4.78, 5) is 4.92. The topological polar surface area (TPSA) is 43.3 Å². The molecule has 0 atom stereocenters. The monoisotopic (exact) mass is 349 g/mol. The minimum atomic E-state index is 0.229. The van der Waals surface area contributed by atoms with Crippen LogP contribution >= 0.6 is 15.9 Å². The molecule has 2 N–H and O–H groups in total. The van der Waals surface area contributed by atoms with Gasteiger partial charge in [0.1, 0.15) is 5.65 Å². The smallest absolute Gasteiger partial charge is 0.138 e. The van der Waals surface area contributed by atoms with Crippen LogP contribution in [-0.4, -0.2) is 15.9 Å². The number of rotatable bonds is 3. The van der Waals surface area contributed by atoms with E-state index in [9.17, 15) is 0 Å². The first-order valence-electron chi connectivity index (χ1n) is 7.85. The second kappa shape index (κ2) is 5.40. The van der Waals surface area contributed by atoms with Crippen molar-refractivity contribution in [2.75, 3.05) is 6.54 Å². The fourth-order valence-electron chi connectivity index (χ4n) is 3.54. The summed E-state index contributed by atoms with van der Waals surface area (Å²) < 4.78 is 3.21. The lowest BCUT2D eigenvalue weighted by atomic mass is 9.62. The number of nitrogens with zero attached hydrogens (tertiary/aromatic N) is 2. The predicted molar refractivity (Wildman–Crippen MR) is 90.5 cm³/mol. The van der Waals surface area contributed by atoms with Gasteiger partial charge in [-0.3, -0.25) is 0 Å². The van der Waals surface area contributed by atoms with Crippen LogP contribution in [0.1, 0.15) is 51.6 Å². The van der Waals surface area contributed by atoms with Gasteiger partial charge in [-0.25, -0.2) is 4.98 Å². The summed E-state index contributed by atoms with van der Waals surface area (Å²) in [7, 11) is 0. The fraction of sp³-hybridized carbons (Fsp3) is 0.588. The second-order valence-corrected chi connectivity index (χ2v) is 7.80. The van der Waals surface area contributed by atoms with Crippen molar-refractivity contribution < 1.29 is 0 Å². The Morgan fingerprint density at radius 2 is 2.05 bits per heavy atom. The molecule has 0 radical (unpaired) electrons. The van der Waals surface area contributed by atoms with Gasteiger partial charge in [0.05, 0.1) is 5.69 Å². The average Bonchev–Trinajstić information content (AvgIpc) is 2.92. The normalized spacial score (nSPS) is 29.9. The van der Waals surface area contributed by atoms with E-state index in [1.165, 1.54) is 31.4 Å². The predicted octanol–water partition coefficient (Wildman–Crippen LogP) is 4.28. The van der Waals surface area contributed by atoms with Gasteiger partial charge in [0.2, 0.25) is 0 Å². The van der Waals surface area contributed by atoms with Crippen LogP contribution in [0.5, 0.6) is 0 Å². The van der Waals surface area contributed by atoms with Crippen LogP contribution in [0, 0.1) is 5.41 Å². The molecule has 0 unspecified atom stereocenters. The summed E-state index contributed by atoms with van der Waals surface area (Å²) in [5.74, 6) is 0. The van der Waals surface area contributed by atoms with Crippen LogP contribution in [0.15, 0.2) is 29.0 Å². The molecule has 2 aromatic heterocycles. The maximum Gasteiger partial charge on any atom is 0.138 e. The number of fused-ring (bicyclic) bond motifs is 1. The maximum absolute atomic E-state index is 5.96. The van der Waals surface area contributed by atoms with Gasteiger partial charge in [-0.15, -0.1) is 0 Å². The highest BCUT2D eigenvalue weighted by atomic mass is 79.9.